The minimum absolute atomic E-state index is 0.278. The van der Waals surface area contributed by atoms with Gasteiger partial charge in [0.15, 0.2) is 0 Å². The van der Waals surface area contributed by atoms with E-state index in [1.54, 1.807) is 0 Å². The van der Waals surface area contributed by atoms with Crippen LogP contribution in [0.25, 0.3) is 0 Å². The fourth-order valence-electron chi connectivity index (χ4n) is 8.28. The SMILES string of the molecule is CC(C)C1CC23CCC4C(C)(C(=O)O)CCCC4(C)C2CC1C3. The Bertz CT molecular complexity index is 526. The Labute approximate surface area is 141 Å². The van der Waals surface area contributed by atoms with Crippen LogP contribution >= 0.6 is 0 Å². The number of carboxylic acids is 1. The predicted octanol–water partition coefficient (Wildman–Crippen LogP) is 5.37. The fourth-order valence-corrected chi connectivity index (χ4v) is 8.28. The lowest BCUT2D eigenvalue weighted by atomic mass is 9.42. The van der Waals surface area contributed by atoms with Gasteiger partial charge in [-0.25, -0.2) is 0 Å². The summed E-state index contributed by atoms with van der Waals surface area (Å²) in [5.74, 6) is 3.34. The van der Waals surface area contributed by atoms with Crippen LogP contribution in [0.1, 0.15) is 79.1 Å². The van der Waals surface area contributed by atoms with Crippen LogP contribution in [0, 0.1) is 45.8 Å². The maximum atomic E-state index is 12.1. The maximum Gasteiger partial charge on any atom is 0.309 e. The van der Waals surface area contributed by atoms with E-state index in [1.165, 1.54) is 32.1 Å². The van der Waals surface area contributed by atoms with Crippen molar-refractivity contribution >= 4 is 5.97 Å². The third kappa shape index (κ3) is 1.90. The molecular formula is C21H34O2. The van der Waals surface area contributed by atoms with Crippen molar-refractivity contribution in [2.75, 3.05) is 0 Å². The molecule has 7 atom stereocenters. The number of aliphatic carboxylic acids is 1. The van der Waals surface area contributed by atoms with E-state index in [0.717, 1.165) is 42.9 Å². The second-order valence-corrected chi connectivity index (χ2v) is 10.4. The molecule has 0 radical (unpaired) electrons. The van der Waals surface area contributed by atoms with Crippen molar-refractivity contribution in [1.82, 2.24) is 0 Å². The summed E-state index contributed by atoms with van der Waals surface area (Å²) in [6.07, 6.45) is 10.0. The molecular weight excluding hydrogens is 284 g/mol. The first-order valence-electron chi connectivity index (χ1n) is 9.96. The van der Waals surface area contributed by atoms with Gasteiger partial charge >= 0.3 is 5.97 Å². The van der Waals surface area contributed by atoms with Gasteiger partial charge < -0.3 is 5.11 Å². The van der Waals surface area contributed by atoms with Crippen LogP contribution in [0.2, 0.25) is 0 Å². The first-order chi connectivity index (χ1) is 10.7. The zero-order valence-electron chi connectivity index (χ0n) is 15.4. The summed E-state index contributed by atoms with van der Waals surface area (Å²) < 4.78 is 0. The molecule has 4 aliphatic rings. The molecule has 0 aromatic carbocycles. The molecule has 2 bridgehead atoms. The zero-order valence-corrected chi connectivity index (χ0v) is 15.4. The van der Waals surface area contributed by atoms with Crippen LogP contribution < -0.4 is 0 Å². The summed E-state index contributed by atoms with van der Waals surface area (Å²) in [4.78, 5) is 12.1. The van der Waals surface area contributed by atoms with Crippen molar-refractivity contribution in [3.63, 3.8) is 0 Å². The highest BCUT2D eigenvalue weighted by Crippen LogP contribution is 2.75. The second-order valence-electron chi connectivity index (χ2n) is 10.4. The molecule has 0 aliphatic heterocycles. The zero-order chi connectivity index (χ0) is 16.6. The average Bonchev–Trinajstić information content (AvgIpc) is 3.02. The van der Waals surface area contributed by atoms with Gasteiger partial charge in [0.2, 0.25) is 0 Å². The van der Waals surface area contributed by atoms with Gasteiger partial charge in [0.25, 0.3) is 0 Å². The lowest BCUT2D eigenvalue weighted by Crippen LogP contribution is -2.57. The Morgan fingerprint density at radius 2 is 1.83 bits per heavy atom. The number of fused-ring (bicyclic) bond motifs is 3. The molecule has 0 aromatic heterocycles. The molecule has 4 fully saturated rings. The molecule has 4 aliphatic carbocycles. The molecule has 4 rings (SSSR count). The molecule has 4 saturated carbocycles. The van der Waals surface area contributed by atoms with Crippen molar-refractivity contribution in [3.05, 3.63) is 0 Å². The van der Waals surface area contributed by atoms with E-state index < -0.39 is 11.4 Å². The molecule has 7 unspecified atom stereocenters. The van der Waals surface area contributed by atoms with Gasteiger partial charge in [-0.15, -0.1) is 0 Å². The Hall–Kier alpha value is -0.530. The molecule has 0 saturated heterocycles. The minimum Gasteiger partial charge on any atom is -0.481 e. The second kappa shape index (κ2) is 4.76. The predicted molar refractivity (Wildman–Crippen MR) is 92.0 cm³/mol. The first kappa shape index (κ1) is 16.0. The van der Waals surface area contributed by atoms with Gasteiger partial charge in [-0.2, -0.15) is 0 Å². The first-order valence-corrected chi connectivity index (χ1v) is 9.96. The number of carbonyl (C=O) groups is 1. The van der Waals surface area contributed by atoms with Crippen molar-refractivity contribution in [1.29, 1.82) is 0 Å². The van der Waals surface area contributed by atoms with Crippen molar-refractivity contribution in [2.24, 2.45) is 45.8 Å². The van der Waals surface area contributed by atoms with Crippen LogP contribution in [0.5, 0.6) is 0 Å². The number of hydrogen-bond donors (Lipinski definition) is 1. The summed E-state index contributed by atoms with van der Waals surface area (Å²) in [5.41, 5.74) is 0.371. The molecule has 130 valence electrons. The summed E-state index contributed by atoms with van der Waals surface area (Å²) in [5, 5.41) is 9.94. The van der Waals surface area contributed by atoms with Crippen molar-refractivity contribution in [2.45, 2.75) is 79.1 Å². The van der Waals surface area contributed by atoms with E-state index in [9.17, 15) is 9.90 Å². The van der Waals surface area contributed by atoms with E-state index in [0.29, 0.717) is 11.3 Å². The largest absolute Gasteiger partial charge is 0.481 e. The van der Waals surface area contributed by atoms with E-state index in [1.807, 2.05) is 0 Å². The Morgan fingerprint density at radius 1 is 1.09 bits per heavy atom. The van der Waals surface area contributed by atoms with Gasteiger partial charge in [-0.1, -0.05) is 27.2 Å². The average molecular weight is 319 g/mol. The quantitative estimate of drug-likeness (QED) is 0.743. The molecule has 0 amide bonds. The van der Waals surface area contributed by atoms with E-state index in [2.05, 4.69) is 27.7 Å². The standard InChI is InChI=1S/C21H34O2/c1-13(2)15-12-21-9-6-16-19(3,17(21)10-14(15)11-21)7-5-8-20(16,4)18(22)23/h13-17H,5-12H2,1-4H3,(H,22,23). The van der Waals surface area contributed by atoms with Gasteiger partial charge in [0.1, 0.15) is 0 Å². The Balaban J connectivity index is 1.68. The maximum absolute atomic E-state index is 12.1. The topological polar surface area (TPSA) is 37.3 Å². The molecule has 2 nitrogen and oxygen atoms in total. The summed E-state index contributed by atoms with van der Waals surface area (Å²) in [6, 6.07) is 0. The third-order valence-corrected chi connectivity index (χ3v) is 9.24. The highest BCUT2D eigenvalue weighted by Gasteiger charge is 2.68. The summed E-state index contributed by atoms with van der Waals surface area (Å²) in [6.45, 7) is 9.35. The molecule has 2 heteroatoms. The van der Waals surface area contributed by atoms with Crippen molar-refractivity contribution in [3.8, 4) is 0 Å². The fraction of sp³-hybridized carbons (Fsp3) is 0.952. The van der Waals surface area contributed by atoms with Crippen LogP contribution in [-0.4, -0.2) is 11.1 Å². The van der Waals surface area contributed by atoms with Gasteiger partial charge in [-0.05, 0) is 92.3 Å². The molecule has 0 heterocycles. The summed E-state index contributed by atoms with van der Waals surface area (Å²) in [7, 11) is 0. The lowest BCUT2D eigenvalue weighted by molar-refractivity contribution is -0.177. The van der Waals surface area contributed by atoms with E-state index in [-0.39, 0.29) is 5.41 Å². The molecule has 1 N–H and O–H groups in total. The smallest absolute Gasteiger partial charge is 0.309 e. The van der Waals surface area contributed by atoms with Gasteiger partial charge in [-0.3, -0.25) is 4.79 Å². The normalized spacial score (nSPS) is 54.8. The lowest BCUT2D eigenvalue weighted by Gasteiger charge is -2.62. The Morgan fingerprint density at radius 3 is 2.48 bits per heavy atom. The van der Waals surface area contributed by atoms with Gasteiger partial charge in [0.05, 0.1) is 5.41 Å². The molecule has 1 spiro atoms. The monoisotopic (exact) mass is 318 g/mol. The Kier molecular flexibility index (Phi) is 3.30. The number of rotatable bonds is 2. The highest BCUT2D eigenvalue weighted by atomic mass is 16.4. The van der Waals surface area contributed by atoms with E-state index >= 15 is 0 Å². The van der Waals surface area contributed by atoms with Crippen molar-refractivity contribution < 1.29 is 9.90 Å². The number of hydrogen-bond acceptors (Lipinski definition) is 1. The third-order valence-electron chi connectivity index (χ3n) is 9.24. The highest BCUT2D eigenvalue weighted by molar-refractivity contribution is 5.75. The summed E-state index contributed by atoms with van der Waals surface area (Å²) >= 11 is 0. The minimum atomic E-state index is -0.535. The van der Waals surface area contributed by atoms with E-state index in [4.69, 9.17) is 0 Å². The van der Waals surface area contributed by atoms with Gasteiger partial charge in [0, 0.05) is 0 Å². The molecule has 0 aromatic rings. The van der Waals surface area contributed by atoms with Crippen LogP contribution in [0.3, 0.4) is 0 Å². The molecule has 23 heavy (non-hydrogen) atoms. The van der Waals surface area contributed by atoms with Crippen LogP contribution in [0.4, 0.5) is 0 Å². The van der Waals surface area contributed by atoms with Crippen LogP contribution in [0.15, 0.2) is 0 Å². The van der Waals surface area contributed by atoms with Crippen LogP contribution in [-0.2, 0) is 4.79 Å². The number of carboxylic acid groups (broad SMARTS) is 1.